The highest BCUT2D eigenvalue weighted by molar-refractivity contribution is 7.83. The Balaban J connectivity index is 1.31. The molecule has 180 valence electrons. The van der Waals surface area contributed by atoms with Gasteiger partial charge < -0.3 is 15.0 Å². The van der Waals surface area contributed by atoms with Gasteiger partial charge in [-0.1, -0.05) is 36.4 Å². The summed E-state index contributed by atoms with van der Waals surface area (Å²) in [6.07, 6.45) is 4.16. The van der Waals surface area contributed by atoms with E-state index in [2.05, 4.69) is 25.3 Å². The van der Waals surface area contributed by atoms with Crippen LogP contribution >= 0.6 is 0 Å². The van der Waals surface area contributed by atoms with Crippen molar-refractivity contribution in [3.63, 3.8) is 0 Å². The van der Waals surface area contributed by atoms with Crippen molar-refractivity contribution in [3.8, 4) is 0 Å². The summed E-state index contributed by atoms with van der Waals surface area (Å²) in [7, 11) is 0.366. The number of rotatable bonds is 10. The van der Waals surface area contributed by atoms with Gasteiger partial charge in [0.25, 0.3) is 0 Å². The quantitative estimate of drug-likeness (QED) is 0.288. The van der Waals surface area contributed by atoms with Crippen LogP contribution in [0.4, 0.5) is 5.82 Å². The van der Waals surface area contributed by atoms with Crippen LogP contribution in [0.25, 0.3) is 32.8 Å². The molecule has 8 nitrogen and oxygen atoms in total. The van der Waals surface area contributed by atoms with Crippen molar-refractivity contribution in [3.05, 3.63) is 66.6 Å². The Labute approximate surface area is 206 Å². The maximum atomic E-state index is 12.9. The second-order valence-electron chi connectivity index (χ2n) is 8.34. The molecule has 2 aromatic carbocycles. The SMILES string of the molecule is COCCc1nc2c(N)nc3ccccc3c2n1CCCCNS(=O)c1cccc2cccnc12. The zero-order valence-corrected chi connectivity index (χ0v) is 20.4. The molecule has 0 spiro atoms. The van der Waals surface area contributed by atoms with E-state index in [-0.39, 0.29) is 0 Å². The number of imidazole rings is 1. The van der Waals surface area contributed by atoms with Crippen LogP contribution in [-0.4, -0.2) is 44.0 Å². The first-order valence-electron chi connectivity index (χ1n) is 11.7. The maximum Gasteiger partial charge on any atom is 0.152 e. The molecule has 0 fully saturated rings. The Morgan fingerprint density at radius 3 is 2.77 bits per heavy atom. The van der Waals surface area contributed by atoms with Crippen LogP contribution in [0.15, 0.2) is 65.7 Å². The second-order valence-corrected chi connectivity index (χ2v) is 9.60. The molecule has 35 heavy (non-hydrogen) atoms. The topological polar surface area (TPSA) is 108 Å². The van der Waals surface area contributed by atoms with E-state index in [4.69, 9.17) is 15.5 Å². The smallest absolute Gasteiger partial charge is 0.152 e. The number of benzene rings is 2. The van der Waals surface area contributed by atoms with Crippen LogP contribution < -0.4 is 10.5 Å². The van der Waals surface area contributed by atoms with E-state index in [1.54, 1.807) is 13.3 Å². The van der Waals surface area contributed by atoms with Gasteiger partial charge in [-0.25, -0.2) is 18.9 Å². The summed E-state index contributed by atoms with van der Waals surface area (Å²) in [5, 5.41) is 2.02. The molecule has 0 saturated heterocycles. The van der Waals surface area contributed by atoms with Gasteiger partial charge in [-0.3, -0.25) is 4.98 Å². The van der Waals surface area contributed by atoms with Gasteiger partial charge in [-0.15, -0.1) is 0 Å². The fraction of sp³-hybridized carbons (Fsp3) is 0.269. The lowest BCUT2D eigenvalue weighted by Crippen LogP contribution is -2.19. The van der Waals surface area contributed by atoms with Gasteiger partial charge in [0.1, 0.15) is 22.3 Å². The average Bonchev–Trinajstić information content (AvgIpc) is 3.26. The molecule has 1 unspecified atom stereocenters. The van der Waals surface area contributed by atoms with Crippen molar-refractivity contribution in [2.24, 2.45) is 0 Å². The van der Waals surface area contributed by atoms with Gasteiger partial charge in [-0.2, -0.15) is 0 Å². The summed E-state index contributed by atoms with van der Waals surface area (Å²) in [5.41, 5.74) is 9.64. The number of unbranched alkanes of at least 4 members (excludes halogenated alkanes) is 1. The van der Waals surface area contributed by atoms with E-state index in [1.165, 1.54) is 0 Å². The van der Waals surface area contributed by atoms with E-state index in [0.29, 0.717) is 30.3 Å². The highest BCUT2D eigenvalue weighted by Gasteiger charge is 2.17. The number of fused-ring (bicyclic) bond motifs is 4. The first-order valence-corrected chi connectivity index (χ1v) is 12.8. The Hall–Kier alpha value is -3.40. The summed E-state index contributed by atoms with van der Waals surface area (Å²) in [6, 6.07) is 17.6. The van der Waals surface area contributed by atoms with Gasteiger partial charge in [0, 0.05) is 43.6 Å². The van der Waals surface area contributed by atoms with Crippen LogP contribution in [0.1, 0.15) is 18.7 Å². The fourth-order valence-electron chi connectivity index (χ4n) is 4.39. The van der Waals surface area contributed by atoms with Crippen molar-refractivity contribution in [1.82, 2.24) is 24.2 Å². The predicted molar refractivity (Wildman–Crippen MR) is 140 cm³/mol. The first kappa shape index (κ1) is 23.3. The van der Waals surface area contributed by atoms with Gasteiger partial charge in [-0.05, 0) is 31.0 Å². The number of aromatic nitrogens is 4. The minimum absolute atomic E-state index is 0.442. The molecule has 9 heteroatoms. The average molecular weight is 489 g/mol. The van der Waals surface area contributed by atoms with E-state index in [9.17, 15) is 4.21 Å². The molecule has 3 heterocycles. The minimum Gasteiger partial charge on any atom is -0.384 e. The number of pyridine rings is 2. The van der Waals surface area contributed by atoms with Gasteiger partial charge in [0.15, 0.2) is 5.82 Å². The zero-order valence-electron chi connectivity index (χ0n) is 19.6. The van der Waals surface area contributed by atoms with Crippen LogP contribution in [0.2, 0.25) is 0 Å². The number of aryl methyl sites for hydroxylation is 1. The molecule has 3 N–H and O–H groups in total. The molecule has 1 atom stereocenters. The lowest BCUT2D eigenvalue weighted by Gasteiger charge is -2.11. The molecule has 3 aromatic heterocycles. The zero-order chi connectivity index (χ0) is 24.2. The molecule has 0 saturated carbocycles. The maximum absolute atomic E-state index is 12.9. The van der Waals surface area contributed by atoms with Gasteiger partial charge in [0.2, 0.25) is 0 Å². The number of methoxy groups -OCH3 is 1. The number of para-hydroxylation sites is 2. The number of ether oxygens (including phenoxy) is 1. The summed E-state index contributed by atoms with van der Waals surface area (Å²) in [6.45, 7) is 1.97. The van der Waals surface area contributed by atoms with E-state index >= 15 is 0 Å². The number of nitrogens with one attached hydrogen (secondary N) is 1. The minimum atomic E-state index is -1.32. The number of nitrogens with zero attached hydrogens (tertiary/aromatic N) is 4. The largest absolute Gasteiger partial charge is 0.384 e. The number of nitrogens with two attached hydrogens (primary N) is 1. The summed E-state index contributed by atoms with van der Waals surface area (Å²) < 4.78 is 23.6. The highest BCUT2D eigenvalue weighted by atomic mass is 32.2. The van der Waals surface area contributed by atoms with Crippen LogP contribution in [0.3, 0.4) is 0 Å². The Kier molecular flexibility index (Phi) is 6.98. The molecule has 0 amide bonds. The van der Waals surface area contributed by atoms with E-state index in [0.717, 1.165) is 58.1 Å². The van der Waals surface area contributed by atoms with Crippen molar-refractivity contribution >= 4 is 49.6 Å². The molecule has 0 aliphatic rings. The number of hydrogen-bond acceptors (Lipinski definition) is 6. The fourth-order valence-corrected chi connectivity index (χ4v) is 5.43. The molecular formula is C26H28N6O2S. The van der Waals surface area contributed by atoms with Crippen LogP contribution in [-0.2, 0) is 28.7 Å². The molecule has 0 aliphatic carbocycles. The lowest BCUT2D eigenvalue weighted by atomic mass is 10.2. The van der Waals surface area contributed by atoms with Crippen molar-refractivity contribution in [1.29, 1.82) is 0 Å². The second kappa shape index (κ2) is 10.5. The van der Waals surface area contributed by atoms with E-state index < -0.39 is 11.0 Å². The Bertz CT molecular complexity index is 1510. The van der Waals surface area contributed by atoms with Crippen molar-refractivity contribution < 1.29 is 8.95 Å². The predicted octanol–water partition coefficient (Wildman–Crippen LogP) is 4.00. The summed E-state index contributed by atoms with van der Waals surface area (Å²) >= 11 is 0. The molecule has 0 aliphatic heterocycles. The Morgan fingerprint density at radius 2 is 1.89 bits per heavy atom. The molecule has 0 radical (unpaired) electrons. The third-order valence-electron chi connectivity index (χ3n) is 6.06. The summed E-state index contributed by atoms with van der Waals surface area (Å²) in [4.78, 5) is 14.5. The summed E-state index contributed by atoms with van der Waals surface area (Å²) in [5.74, 6) is 1.38. The highest BCUT2D eigenvalue weighted by Crippen LogP contribution is 2.29. The van der Waals surface area contributed by atoms with Crippen LogP contribution in [0.5, 0.6) is 0 Å². The number of hydrogen-bond donors (Lipinski definition) is 2. The molecule has 5 aromatic rings. The van der Waals surface area contributed by atoms with Gasteiger partial charge in [0.05, 0.1) is 28.1 Å². The first-order chi connectivity index (χ1) is 17.2. The van der Waals surface area contributed by atoms with Gasteiger partial charge >= 0.3 is 0 Å². The Morgan fingerprint density at radius 1 is 1.03 bits per heavy atom. The normalized spacial score (nSPS) is 12.6. The standard InChI is InChI=1S/C26H28N6O2S/c1-34-17-13-22-31-24-25(19-10-2-3-11-20(19)30-26(24)27)32(22)16-5-4-15-29-35(33)21-12-6-8-18-9-7-14-28-23(18)21/h2-3,6-12,14,29H,4-5,13,15-17H2,1H3,(H2,27,30). The van der Waals surface area contributed by atoms with Crippen molar-refractivity contribution in [2.75, 3.05) is 26.0 Å². The number of nitrogen functional groups attached to an aromatic ring is 1. The molecular weight excluding hydrogens is 460 g/mol. The molecule has 0 bridgehead atoms. The van der Waals surface area contributed by atoms with Crippen molar-refractivity contribution in [2.45, 2.75) is 30.7 Å². The third-order valence-corrected chi connectivity index (χ3v) is 7.25. The monoisotopic (exact) mass is 488 g/mol. The van der Waals surface area contributed by atoms with Crippen LogP contribution in [0, 0.1) is 0 Å². The van der Waals surface area contributed by atoms with E-state index in [1.807, 2.05) is 48.5 Å². The molecule has 5 rings (SSSR count). The lowest BCUT2D eigenvalue weighted by molar-refractivity contribution is 0.199. The third kappa shape index (κ3) is 4.75. The number of anilines is 1.